The Morgan fingerprint density at radius 1 is 1.06 bits per heavy atom. The first kappa shape index (κ1) is 21.5. The monoisotopic (exact) mass is 418 g/mol. The second kappa shape index (κ2) is 10.0. The summed E-state index contributed by atoms with van der Waals surface area (Å²) in [6.45, 7) is 2.53. The van der Waals surface area contributed by atoms with Gasteiger partial charge in [-0.05, 0) is 66.1 Å². The number of nitro groups is 1. The van der Waals surface area contributed by atoms with Gasteiger partial charge < -0.3 is 9.47 Å². The number of nitriles is 1. The standard InChI is InChI=1S/C24H19FN2O4/c1-2-30-24-14-18(5-12-23(24)31-16-17-3-8-21(25)9-4-17)13-20(15-26)19-6-10-22(11-7-19)27(28)29/h3-14H,2,16H2,1H3/b20-13-. The smallest absolute Gasteiger partial charge is 0.269 e. The first-order valence-electron chi connectivity index (χ1n) is 9.51. The molecule has 0 aromatic heterocycles. The normalized spacial score (nSPS) is 10.9. The van der Waals surface area contributed by atoms with Gasteiger partial charge in [0.05, 0.1) is 23.2 Å². The Hall–Kier alpha value is -4.18. The van der Waals surface area contributed by atoms with E-state index in [-0.39, 0.29) is 18.1 Å². The van der Waals surface area contributed by atoms with Gasteiger partial charge in [0.1, 0.15) is 12.4 Å². The molecule has 0 spiro atoms. The molecular weight excluding hydrogens is 399 g/mol. The van der Waals surface area contributed by atoms with Crippen molar-refractivity contribution in [2.45, 2.75) is 13.5 Å². The summed E-state index contributed by atoms with van der Waals surface area (Å²) in [4.78, 5) is 10.3. The molecule has 7 heteroatoms. The zero-order chi connectivity index (χ0) is 22.2. The molecule has 0 aliphatic rings. The average Bonchev–Trinajstić information content (AvgIpc) is 2.78. The fourth-order valence-corrected chi connectivity index (χ4v) is 2.85. The maximum atomic E-state index is 13.1. The van der Waals surface area contributed by atoms with Crippen molar-refractivity contribution in [3.05, 3.63) is 99.4 Å². The van der Waals surface area contributed by atoms with Gasteiger partial charge in [-0.15, -0.1) is 0 Å². The molecule has 31 heavy (non-hydrogen) atoms. The molecule has 6 nitrogen and oxygen atoms in total. The van der Waals surface area contributed by atoms with E-state index in [1.807, 2.05) is 6.92 Å². The predicted octanol–water partition coefficient (Wildman–Crippen LogP) is 5.78. The predicted molar refractivity (Wildman–Crippen MR) is 115 cm³/mol. The zero-order valence-corrected chi connectivity index (χ0v) is 16.7. The first-order valence-corrected chi connectivity index (χ1v) is 9.51. The van der Waals surface area contributed by atoms with Gasteiger partial charge >= 0.3 is 0 Å². The van der Waals surface area contributed by atoms with Crippen LogP contribution in [0.3, 0.4) is 0 Å². The third kappa shape index (κ3) is 5.67. The Morgan fingerprint density at radius 2 is 1.77 bits per heavy atom. The highest BCUT2D eigenvalue weighted by molar-refractivity contribution is 5.90. The number of hydrogen-bond acceptors (Lipinski definition) is 5. The molecule has 0 N–H and O–H groups in total. The molecule has 0 saturated carbocycles. The molecule has 0 atom stereocenters. The molecule has 3 aromatic carbocycles. The van der Waals surface area contributed by atoms with Crippen molar-refractivity contribution in [1.29, 1.82) is 5.26 Å². The third-order valence-corrected chi connectivity index (χ3v) is 4.40. The highest BCUT2D eigenvalue weighted by Crippen LogP contribution is 2.31. The van der Waals surface area contributed by atoms with E-state index in [2.05, 4.69) is 6.07 Å². The number of non-ortho nitro benzene ring substituents is 1. The van der Waals surface area contributed by atoms with Gasteiger partial charge in [0, 0.05) is 12.1 Å². The van der Waals surface area contributed by atoms with E-state index in [4.69, 9.17) is 9.47 Å². The summed E-state index contributed by atoms with van der Waals surface area (Å²) >= 11 is 0. The van der Waals surface area contributed by atoms with Crippen molar-refractivity contribution in [3.63, 3.8) is 0 Å². The summed E-state index contributed by atoms with van der Waals surface area (Å²) in [6, 6.07) is 19.2. The molecule has 3 aromatic rings. The quantitative estimate of drug-likeness (QED) is 0.200. The van der Waals surface area contributed by atoms with Crippen LogP contribution < -0.4 is 9.47 Å². The van der Waals surface area contributed by atoms with Crippen LogP contribution in [0.25, 0.3) is 11.6 Å². The van der Waals surface area contributed by atoms with Crippen molar-refractivity contribution in [1.82, 2.24) is 0 Å². The molecule has 0 aliphatic carbocycles. The zero-order valence-electron chi connectivity index (χ0n) is 16.7. The van der Waals surface area contributed by atoms with Crippen LogP contribution in [-0.2, 0) is 6.61 Å². The molecular formula is C24H19FN2O4. The number of nitro benzene ring substituents is 1. The van der Waals surface area contributed by atoms with Gasteiger partial charge in [0.15, 0.2) is 11.5 Å². The van der Waals surface area contributed by atoms with Crippen molar-refractivity contribution in [3.8, 4) is 17.6 Å². The van der Waals surface area contributed by atoms with Crippen LogP contribution in [0.1, 0.15) is 23.6 Å². The van der Waals surface area contributed by atoms with Crippen LogP contribution in [-0.4, -0.2) is 11.5 Å². The maximum Gasteiger partial charge on any atom is 0.269 e. The van der Waals surface area contributed by atoms with E-state index in [9.17, 15) is 19.8 Å². The van der Waals surface area contributed by atoms with Crippen LogP contribution in [0, 0.1) is 27.3 Å². The summed E-state index contributed by atoms with van der Waals surface area (Å²) in [6.07, 6.45) is 1.67. The number of hydrogen-bond donors (Lipinski definition) is 0. The van der Waals surface area contributed by atoms with Gasteiger partial charge in [-0.1, -0.05) is 18.2 Å². The van der Waals surface area contributed by atoms with Gasteiger partial charge in [-0.25, -0.2) is 4.39 Å². The molecule has 0 saturated heterocycles. The van der Waals surface area contributed by atoms with Gasteiger partial charge in [0.2, 0.25) is 0 Å². The molecule has 156 valence electrons. The van der Waals surface area contributed by atoms with Crippen LogP contribution in [0.5, 0.6) is 11.5 Å². The van der Waals surface area contributed by atoms with E-state index in [0.717, 1.165) is 5.56 Å². The lowest BCUT2D eigenvalue weighted by atomic mass is 10.0. The minimum absolute atomic E-state index is 0.0395. The Bertz CT molecular complexity index is 1130. The minimum Gasteiger partial charge on any atom is -0.490 e. The van der Waals surface area contributed by atoms with Crippen LogP contribution >= 0.6 is 0 Å². The Morgan fingerprint density at radius 3 is 2.39 bits per heavy atom. The first-order chi connectivity index (χ1) is 15.0. The molecule has 0 amide bonds. The number of benzene rings is 3. The van der Waals surface area contributed by atoms with E-state index in [1.165, 1.54) is 36.4 Å². The Balaban J connectivity index is 1.83. The summed E-state index contributed by atoms with van der Waals surface area (Å²) in [7, 11) is 0. The summed E-state index contributed by atoms with van der Waals surface area (Å²) in [5.74, 6) is 0.729. The number of nitrogens with zero attached hydrogens (tertiary/aromatic N) is 2. The van der Waals surface area contributed by atoms with Crippen molar-refractivity contribution < 1.29 is 18.8 Å². The van der Waals surface area contributed by atoms with Gasteiger partial charge in [-0.2, -0.15) is 5.26 Å². The highest BCUT2D eigenvalue weighted by atomic mass is 19.1. The average molecular weight is 418 g/mol. The van der Waals surface area contributed by atoms with E-state index in [1.54, 1.807) is 36.4 Å². The Labute approximate surface area is 178 Å². The summed E-state index contributed by atoms with van der Waals surface area (Å²) in [5, 5.41) is 20.4. The lowest BCUT2D eigenvalue weighted by molar-refractivity contribution is -0.384. The SMILES string of the molecule is CCOc1cc(/C=C(/C#N)c2ccc([N+](=O)[O-])cc2)ccc1OCc1ccc(F)cc1. The van der Waals surface area contributed by atoms with Crippen molar-refractivity contribution in [2.24, 2.45) is 0 Å². The number of rotatable bonds is 8. The van der Waals surface area contributed by atoms with Crippen molar-refractivity contribution >= 4 is 17.3 Å². The number of allylic oxidation sites excluding steroid dienone is 1. The van der Waals surface area contributed by atoms with Crippen LogP contribution in [0.2, 0.25) is 0 Å². The molecule has 0 heterocycles. The minimum atomic E-state index is -0.488. The largest absolute Gasteiger partial charge is 0.490 e. The molecule has 0 fully saturated rings. The van der Waals surface area contributed by atoms with E-state index >= 15 is 0 Å². The van der Waals surface area contributed by atoms with E-state index < -0.39 is 4.92 Å². The number of halogens is 1. The van der Waals surface area contributed by atoms with Crippen LogP contribution in [0.15, 0.2) is 66.7 Å². The highest BCUT2D eigenvalue weighted by Gasteiger charge is 2.10. The van der Waals surface area contributed by atoms with Crippen LogP contribution in [0.4, 0.5) is 10.1 Å². The van der Waals surface area contributed by atoms with Gasteiger partial charge in [-0.3, -0.25) is 10.1 Å². The third-order valence-electron chi connectivity index (χ3n) is 4.40. The molecule has 0 unspecified atom stereocenters. The van der Waals surface area contributed by atoms with Crippen molar-refractivity contribution in [2.75, 3.05) is 6.61 Å². The maximum absolute atomic E-state index is 13.1. The fourth-order valence-electron chi connectivity index (χ4n) is 2.85. The lowest BCUT2D eigenvalue weighted by Crippen LogP contribution is -2.00. The molecule has 0 bridgehead atoms. The van der Waals surface area contributed by atoms with E-state index in [0.29, 0.717) is 34.8 Å². The summed E-state index contributed by atoms with van der Waals surface area (Å²) < 4.78 is 24.6. The van der Waals surface area contributed by atoms with Gasteiger partial charge in [0.25, 0.3) is 5.69 Å². The molecule has 3 rings (SSSR count). The second-order valence-electron chi connectivity index (χ2n) is 6.53. The number of ether oxygens (including phenoxy) is 2. The topological polar surface area (TPSA) is 85.4 Å². The molecule has 0 aliphatic heterocycles. The fraction of sp³-hybridized carbons (Fsp3) is 0.125. The summed E-state index contributed by atoms with van der Waals surface area (Å²) in [5.41, 5.74) is 2.42. The second-order valence-corrected chi connectivity index (χ2v) is 6.53. The lowest BCUT2D eigenvalue weighted by Gasteiger charge is -2.13. The molecule has 0 radical (unpaired) electrons. The Kier molecular flexibility index (Phi) is 6.97.